The largest absolute Gasteiger partial charge is 0.348 e. The molecule has 1 N–H and O–H groups in total. The molecule has 1 aromatic rings. The van der Waals surface area contributed by atoms with Crippen LogP contribution in [0.15, 0.2) is 18.2 Å². The second kappa shape index (κ2) is 5.70. The molecule has 1 atom stereocenters. The van der Waals surface area contributed by atoms with E-state index in [-0.39, 0.29) is 5.91 Å². The first-order valence-electron chi connectivity index (χ1n) is 6.64. The van der Waals surface area contributed by atoms with Gasteiger partial charge in [0.1, 0.15) is 0 Å². The van der Waals surface area contributed by atoms with Gasteiger partial charge in [-0.3, -0.25) is 4.79 Å². The summed E-state index contributed by atoms with van der Waals surface area (Å²) in [4.78, 5) is 14.3. The molecular formula is C15H21NOS. The molecule has 0 saturated heterocycles. The maximum Gasteiger partial charge on any atom is 0.261 e. The number of thiophene rings is 1. The third-order valence-electron chi connectivity index (χ3n) is 3.54. The lowest BCUT2D eigenvalue weighted by Crippen LogP contribution is -2.23. The maximum atomic E-state index is 12.0. The highest BCUT2D eigenvalue weighted by Gasteiger charge is 2.21. The minimum atomic E-state index is 0.0467. The van der Waals surface area contributed by atoms with E-state index < -0.39 is 0 Å². The van der Waals surface area contributed by atoms with Gasteiger partial charge in [0.15, 0.2) is 0 Å². The Kier molecular flexibility index (Phi) is 4.23. The minimum Gasteiger partial charge on any atom is -0.348 e. The summed E-state index contributed by atoms with van der Waals surface area (Å²) < 4.78 is 0. The van der Waals surface area contributed by atoms with Gasteiger partial charge < -0.3 is 5.32 Å². The van der Waals surface area contributed by atoms with Crippen LogP contribution in [0.1, 0.15) is 46.8 Å². The van der Waals surface area contributed by atoms with Gasteiger partial charge in [0, 0.05) is 11.4 Å². The number of hydrogen-bond donors (Lipinski definition) is 1. The molecule has 0 radical (unpaired) electrons. The molecule has 0 aliphatic heterocycles. The van der Waals surface area contributed by atoms with Crippen LogP contribution < -0.4 is 5.32 Å². The van der Waals surface area contributed by atoms with E-state index >= 15 is 0 Å². The number of carbonyl (C=O) groups is 1. The molecule has 0 bridgehead atoms. The SMILES string of the molecule is C=C(C)CNC(=O)c1cc2c(s1)CCC(CC)C2. The molecule has 0 aromatic carbocycles. The lowest BCUT2D eigenvalue weighted by molar-refractivity contribution is 0.0961. The molecular weight excluding hydrogens is 242 g/mol. The predicted octanol–water partition coefficient (Wildman–Crippen LogP) is 3.57. The summed E-state index contributed by atoms with van der Waals surface area (Å²) in [5, 5.41) is 2.90. The predicted molar refractivity (Wildman–Crippen MR) is 77.3 cm³/mol. The maximum absolute atomic E-state index is 12.0. The van der Waals surface area contributed by atoms with Crippen LogP contribution in [0.5, 0.6) is 0 Å². The van der Waals surface area contributed by atoms with Crippen LogP contribution in [0.2, 0.25) is 0 Å². The second-order valence-corrected chi connectivity index (χ2v) is 6.35. The van der Waals surface area contributed by atoms with Gasteiger partial charge in [-0.25, -0.2) is 0 Å². The molecule has 0 fully saturated rings. The molecule has 1 aromatic heterocycles. The van der Waals surface area contributed by atoms with E-state index in [1.807, 2.05) is 6.92 Å². The van der Waals surface area contributed by atoms with Crippen LogP contribution >= 0.6 is 11.3 Å². The van der Waals surface area contributed by atoms with Crippen LogP contribution in [0, 0.1) is 5.92 Å². The third-order valence-corrected chi connectivity index (χ3v) is 4.77. The van der Waals surface area contributed by atoms with Crippen molar-refractivity contribution in [3.05, 3.63) is 33.5 Å². The van der Waals surface area contributed by atoms with E-state index in [9.17, 15) is 4.79 Å². The fourth-order valence-corrected chi connectivity index (χ4v) is 3.50. The molecule has 1 amide bonds. The monoisotopic (exact) mass is 263 g/mol. The number of aryl methyl sites for hydroxylation is 1. The van der Waals surface area contributed by atoms with E-state index in [1.165, 1.54) is 23.3 Å². The zero-order chi connectivity index (χ0) is 13.1. The van der Waals surface area contributed by atoms with Crippen molar-refractivity contribution in [3.63, 3.8) is 0 Å². The van der Waals surface area contributed by atoms with Gasteiger partial charge in [0.2, 0.25) is 0 Å². The number of amides is 1. The van der Waals surface area contributed by atoms with Crippen molar-refractivity contribution in [1.82, 2.24) is 5.32 Å². The fraction of sp³-hybridized carbons (Fsp3) is 0.533. The van der Waals surface area contributed by atoms with E-state index in [1.54, 1.807) is 11.3 Å². The average molecular weight is 263 g/mol. The Hall–Kier alpha value is -1.09. The number of carbonyl (C=O) groups excluding carboxylic acids is 1. The van der Waals surface area contributed by atoms with Crippen LogP contribution in [-0.4, -0.2) is 12.5 Å². The number of fused-ring (bicyclic) bond motifs is 1. The Morgan fingerprint density at radius 1 is 1.61 bits per heavy atom. The Morgan fingerprint density at radius 2 is 2.39 bits per heavy atom. The van der Waals surface area contributed by atoms with Crippen LogP contribution in [0.3, 0.4) is 0 Å². The zero-order valence-electron chi connectivity index (χ0n) is 11.2. The Bertz CT molecular complexity index is 461. The van der Waals surface area contributed by atoms with Crippen molar-refractivity contribution in [2.24, 2.45) is 5.92 Å². The highest BCUT2D eigenvalue weighted by molar-refractivity contribution is 7.14. The lowest BCUT2D eigenvalue weighted by Gasteiger charge is -2.19. The molecule has 1 aliphatic carbocycles. The highest BCUT2D eigenvalue weighted by Crippen LogP contribution is 2.33. The van der Waals surface area contributed by atoms with Crippen molar-refractivity contribution in [1.29, 1.82) is 0 Å². The first-order chi connectivity index (χ1) is 8.60. The molecule has 2 rings (SSSR count). The van der Waals surface area contributed by atoms with Gasteiger partial charge in [-0.05, 0) is 43.7 Å². The van der Waals surface area contributed by atoms with Crippen LogP contribution in [-0.2, 0) is 12.8 Å². The molecule has 2 nitrogen and oxygen atoms in total. The molecule has 1 aliphatic rings. The summed E-state index contributed by atoms with van der Waals surface area (Å²) in [7, 11) is 0. The molecule has 1 heterocycles. The number of nitrogens with one attached hydrogen (secondary N) is 1. The third kappa shape index (κ3) is 3.02. The highest BCUT2D eigenvalue weighted by atomic mass is 32.1. The van der Waals surface area contributed by atoms with Crippen molar-refractivity contribution in [3.8, 4) is 0 Å². The number of rotatable bonds is 4. The van der Waals surface area contributed by atoms with Gasteiger partial charge in [-0.1, -0.05) is 25.5 Å². The first-order valence-corrected chi connectivity index (χ1v) is 7.46. The van der Waals surface area contributed by atoms with E-state index in [0.717, 1.165) is 29.2 Å². The fourth-order valence-electron chi connectivity index (χ4n) is 2.38. The van der Waals surface area contributed by atoms with Crippen LogP contribution in [0.25, 0.3) is 0 Å². The van der Waals surface area contributed by atoms with Gasteiger partial charge in [-0.2, -0.15) is 0 Å². The van der Waals surface area contributed by atoms with Gasteiger partial charge in [-0.15, -0.1) is 11.3 Å². The second-order valence-electron chi connectivity index (χ2n) is 5.22. The molecule has 0 spiro atoms. The van der Waals surface area contributed by atoms with Crippen molar-refractivity contribution < 1.29 is 4.79 Å². The lowest BCUT2D eigenvalue weighted by atomic mass is 9.87. The molecule has 98 valence electrons. The smallest absolute Gasteiger partial charge is 0.261 e. The summed E-state index contributed by atoms with van der Waals surface area (Å²) >= 11 is 1.67. The van der Waals surface area contributed by atoms with E-state index in [0.29, 0.717) is 6.54 Å². The summed E-state index contributed by atoms with van der Waals surface area (Å²) in [6, 6.07) is 2.09. The average Bonchev–Trinajstić information content (AvgIpc) is 2.78. The van der Waals surface area contributed by atoms with Crippen molar-refractivity contribution >= 4 is 17.2 Å². The Morgan fingerprint density at radius 3 is 3.06 bits per heavy atom. The summed E-state index contributed by atoms with van der Waals surface area (Å²) in [5.74, 6) is 0.851. The van der Waals surface area contributed by atoms with Crippen molar-refractivity contribution in [2.45, 2.75) is 39.5 Å². The molecule has 3 heteroatoms. The van der Waals surface area contributed by atoms with E-state index in [2.05, 4.69) is 24.9 Å². The van der Waals surface area contributed by atoms with Gasteiger partial charge in [0.05, 0.1) is 4.88 Å². The first kappa shape index (κ1) is 13.3. The molecule has 0 saturated carbocycles. The van der Waals surface area contributed by atoms with Crippen molar-refractivity contribution in [2.75, 3.05) is 6.54 Å². The minimum absolute atomic E-state index is 0.0467. The number of hydrogen-bond acceptors (Lipinski definition) is 2. The Balaban J connectivity index is 2.05. The summed E-state index contributed by atoms with van der Waals surface area (Å²) in [6.07, 6.45) is 4.81. The molecule has 18 heavy (non-hydrogen) atoms. The van der Waals surface area contributed by atoms with E-state index in [4.69, 9.17) is 0 Å². The summed E-state index contributed by atoms with van der Waals surface area (Å²) in [6.45, 7) is 8.54. The van der Waals surface area contributed by atoms with Gasteiger partial charge in [0.25, 0.3) is 5.91 Å². The summed E-state index contributed by atoms with van der Waals surface area (Å²) in [5.41, 5.74) is 2.38. The standard InChI is InChI=1S/C15H21NOS/c1-4-11-5-6-13-12(7-11)8-14(18-13)15(17)16-9-10(2)3/h8,11H,2,4-7,9H2,1,3H3,(H,16,17). The Labute approximate surface area is 113 Å². The normalized spacial score (nSPS) is 18.2. The van der Waals surface area contributed by atoms with Gasteiger partial charge >= 0.3 is 0 Å². The zero-order valence-corrected chi connectivity index (χ0v) is 12.0. The van der Waals surface area contributed by atoms with Crippen LogP contribution in [0.4, 0.5) is 0 Å². The topological polar surface area (TPSA) is 29.1 Å². The quantitative estimate of drug-likeness (QED) is 0.827. The molecule has 1 unspecified atom stereocenters.